The Morgan fingerprint density at radius 1 is 1.25 bits per heavy atom. The van der Waals surface area contributed by atoms with Crippen molar-refractivity contribution in [2.24, 2.45) is 16.8 Å². The fourth-order valence-corrected chi connectivity index (χ4v) is 2.90. The van der Waals surface area contributed by atoms with Crippen LogP contribution in [0.1, 0.15) is 33.6 Å². The van der Waals surface area contributed by atoms with Crippen LogP contribution in [0.15, 0.2) is 35.3 Å². The zero-order valence-electron chi connectivity index (χ0n) is 15.3. The summed E-state index contributed by atoms with van der Waals surface area (Å²) in [4.78, 5) is 7.26. The molecular formula is C19H33IN4. The zero-order valence-corrected chi connectivity index (χ0v) is 17.6. The maximum Gasteiger partial charge on any atom is 0.191 e. The van der Waals surface area contributed by atoms with Crippen molar-refractivity contribution in [1.82, 2.24) is 10.6 Å². The van der Waals surface area contributed by atoms with E-state index in [2.05, 4.69) is 66.6 Å². The van der Waals surface area contributed by atoms with Crippen molar-refractivity contribution >= 4 is 35.6 Å². The van der Waals surface area contributed by atoms with E-state index in [1.807, 2.05) is 0 Å². The molecule has 24 heavy (non-hydrogen) atoms. The van der Waals surface area contributed by atoms with E-state index >= 15 is 0 Å². The number of hydrogen-bond acceptors (Lipinski definition) is 2. The lowest BCUT2D eigenvalue weighted by Crippen LogP contribution is -2.38. The Morgan fingerprint density at radius 3 is 2.67 bits per heavy atom. The summed E-state index contributed by atoms with van der Waals surface area (Å²) in [5, 5.41) is 6.79. The van der Waals surface area contributed by atoms with Gasteiger partial charge in [-0.3, -0.25) is 4.99 Å². The van der Waals surface area contributed by atoms with Crippen molar-refractivity contribution in [3.8, 4) is 0 Å². The summed E-state index contributed by atoms with van der Waals surface area (Å²) in [7, 11) is 0. The van der Waals surface area contributed by atoms with E-state index in [9.17, 15) is 0 Å². The third kappa shape index (κ3) is 7.28. The van der Waals surface area contributed by atoms with Crippen molar-refractivity contribution in [1.29, 1.82) is 0 Å². The molecule has 1 aromatic carbocycles. The van der Waals surface area contributed by atoms with Gasteiger partial charge in [-0.15, -0.1) is 24.0 Å². The highest BCUT2D eigenvalue weighted by Crippen LogP contribution is 2.23. The third-order valence-electron chi connectivity index (χ3n) is 4.27. The standard InChI is InChI=1S/C19H32N4.HI/c1-4-20-19(21-12-10-16(2)3)22-14-17-11-13-23(15-17)18-8-6-5-7-9-18;/h5-9,16-17H,4,10-15H2,1-3H3,(H2,20,21,22);1H. The Balaban J connectivity index is 0.00000288. The molecule has 1 saturated heterocycles. The van der Waals surface area contributed by atoms with Gasteiger partial charge in [0.1, 0.15) is 0 Å². The van der Waals surface area contributed by atoms with Crippen LogP contribution in [0.4, 0.5) is 5.69 Å². The molecule has 1 aromatic rings. The fraction of sp³-hybridized carbons (Fsp3) is 0.632. The van der Waals surface area contributed by atoms with E-state index in [4.69, 9.17) is 4.99 Å². The normalized spacial score (nSPS) is 17.8. The minimum atomic E-state index is 0. The predicted octanol–water partition coefficient (Wildman–Crippen LogP) is 3.73. The van der Waals surface area contributed by atoms with Crippen LogP contribution in [0.2, 0.25) is 0 Å². The molecule has 1 fully saturated rings. The lowest BCUT2D eigenvalue weighted by molar-refractivity contribution is 0.568. The number of nitrogens with one attached hydrogen (secondary N) is 2. The molecule has 2 N–H and O–H groups in total. The average molecular weight is 444 g/mol. The van der Waals surface area contributed by atoms with Gasteiger partial charge >= 0.3 is 0 Å². The molecule has 0 radical (unpaired) electrons. The molecule has 1 heterocycles. The van der Waals surface area contributed by atoms with Crippen molar-refractivity contribution in [2.75, 3.05) is 37.6 Å². The Hall–Kier alpha value is -0.980. The Kier molecular flexibility index (Phi) is 10.1. The molecule has 1 aliphatic rings. The number of rotatable bonds is 7. The first kappa shape index (κ1) is 21.1. The Morgan fingerprint density at radius 2 is 2.00 bits per heavy atom. The molecule has 0 aliphatic carbocycles. The van der Waals surface area contributed by atoms with Gasteiger partial charge in [-0.1, -0.05) is 32.0 Å². The lowest BCUT2D eigenvalue weighted by atomic mass is 10.1. The van der Waals surface area contributed by atoms with E-state index < -0.39 is 0 Å². The van der Waals surface area contributed by atoms with Crippen LogP contribution >= 0.6 is 24.0 Å². The molecule has 2 rings (SSSR count). The van der Waals surface area contributed by atoms with Crippen molar-refractivity contribution in [2.45, 2.75) is 33.6 Å². The Bertz CT molecular complexity index is 476. The van der Waals surface area contributed by atoms with Crippen LogP contribution < -0.4 is 15.5 Å². The number of nitrogens with zero attached hydrogens (tertiary/aromatic N) is 2. The lowest BCUT2D eigenvalue weighted by Gasteiger charge is -2.18. The van der Waals surface area contributed by atoms with Crippen LogP contribution in [0.25, 0.3) is 0 Å². The van der Waals surface area contributed by atoms with Crippen LogP contribution in [0.5, 0.6) is 0 Å². The van der Waals surface area contributed by atoms with Gasteiger partial charge in [-0.25, -0.2) is 0 Å². The van der Waals surface area contributed by atoms with Crippen LogP contribution in [-0.4, -0.2) is 38.7 Å². The van der Waals surface area contributed by atoms with E-state index in [1.54, 1.807) is 0 Å². The van der Waals surface area contributed by atoms with E-state index in [1.165, 1.54) is 18.5 Å². The monoisotopic (exact) mass is 444 g/mol. The van der Waals surface area contributed by atoms with Gasteiger partial charge in [-0.05, 0) is 43.7 Å². The molecule has 1 unspecified atom stereocenters. The number of aliphatic imine (C=N–C) groups is 1. The number of guanidine groups is 1. The second-order valence-corrected chi connectivity index (χ2v) is 6.77. The third-order valence-corrected chi connectivity index (χ3v) is 4.27. The summed E-state index contributed by atoms with van der Waals surface area (Å²) >= 11 is 0. The molecular weight excluding hydrogens is 411 g/mol. The largest absolute Gasteiger partial charge is 0.371 e. The summed E-state index contributed by atoms with van der Waals surface area (Å²) in [6, 6.07) is 10.7. The van der Waals surface area contributed by atoms with Crippen LogP contribution in [0.3, 0.4) is 0 Å². The highest BCUT2D eigenvalue weighted by Gasteiger charge is 2.22. The Labute approximate surface area is 164 Å². The second kappa shape index (κ2) is 11.6. The van der Waals surface area contributed by atoms with E-state index in [-0.39, 0.29) is 24.0 Å². The van der Waals surface area contributed by atoms with Gasteiger partial charge in [0.15, 0.2) is 5.96 Å². The highest BCUT2D eigenvalue weighted by atomic mass is 127. The van der Waals surface area contributed by atoms with Crippen molar-refractivity contribution in [3.05, 3.63) is 30.3 Å². The summed E-state index contributed by atoms with van der Waals surface area (Å²) in [5.41, 5.74) is 1.33. The number of para-hydroxylation sites is 1. The second-order valence-electron chi connectivity index (χ2n) is 6.77. The van der Waals surface area contributed by atoms with Gasteiger partial charge in [0.2, 0.25) is 0 Å². The number of halogens is 1. The van der Waals surface area contributed by atoms with Crippen molar-refractivity contribution in [3.63, 3.8) is 0 Å². The minimum Gasteiger partial charge on any atom is -0.371 e. The first-order valence-electron chi connectivity index (χ1n) is 9.01. The molecule has 5 heteroatoms. The quantitative estimate of drug-likeness (QED) is 0.383. The van der Waals surface area contributed by atoms with Gasteiger partial charge in [0.25, 0.3) is 0 Å². The molecule has 0 bridgehead atoms. The average Bonchev–Trinajstić information content (AvgIpc) is 3.02. The molecule has 0 aromatic heterocycles. The van der Waals surface area contributed by atoms with Gasteiger partial charge < -0.3 is 15.5 Å². The minimum absolute atomic E-state index is 0. The highest BCUT2D eigenvalue weighted by molar-refractivity contribution is 14.0. The van der Waals surface area contributed by atoms with Crippen molar-refractivity contribution < 1.29 is 0 Å². The number of benzene rings is 1. The van der Waals surface area contributed by atoms with E-state index in [0.29, 0.717) is 5.92 Å². The smallest absolute Gasteiger partial charge is 0.191 e. The maximum absolute atomic E-state index is 4.79. The molecule has 1 aliphatic heterocycles. The summed E-state index contributed by atoms with van der Waals surface area (Å²) in [6.45, 7) is 11.7. The van der Waals surface area contributed by atoms with Gasteiger partial charge in [0, 0.05) is 38.4 Å². The predicted molar refractivity (Wildman–Crippen MR) is 116 cm³/mol. The summed E-state index contributed by atoms with van der Waals surface area (Å²) < 4.78 is 0. The maximum atomic E-state index is 4.79. The molecule has 4 nitrogen and oxygen atoms in total. The topological polar surface area (TPSA) is 39.7 Å². The fourth-order valence-electron chi connectivity index (χ4n) is 2.90. The molecule has 0 saturated carbocycles. The molecule has 1 atom stereocenters. The van der Waals surface area contributed by atoms with Crippen LogP contribution in [0, 0.1) is 11.8 Å². The first-order chi connectivity index (χ1) is 11.2. The SMILES string of the molecule is CCNC(=NCC1CCN(c2ccccc2)C1)NCCC(C)C.I. The molecule has 136 valence electrons. The summed E-state index contributed by atoms with van der Waals surface area (Å²) in [5.74, 6) is 2.33. The summed E-state index contributed by atoms with van der Waals surface area (Å²) in [6.07, 6.45) is 2.40. The van der Waals surface area contributed by atoms with Crippen LogP contribution in [-0.2, 0) is 0 Å². The van der Waals surface area contributed by atoms with Gasteiger partial charge in [-0.2, -0.15) is 0 Å². The number of anilines is 1. The molecule has 0 spiro atoms. The molecule has 0 amide bonds. The zero-order chi connectivity index (χ0) is 16.5. The first-order valence-corrected chi connectivity index (χ1v) is 9.01. The van der Waals surface area contributed by atoms with Gasteiger partial charge in [0.05, 0.1) is 0 Å². The van der Waals surface area contributed by atoms with E-state index in [0.717, 1.165) is 44.6 Å². The number of hydrogen-bond donors (Lipinski definition) is 2.